The van der Waals surface area contributed by atoms with Crippen molar-refractivity contribution in [2.24, 2.45) is 0 Å². The largest absolute Gasteiger partial charge is 0.496 e. The number of alkyl halides is 3. The first kappa shape index (κ1) is 29.8. The Kier molecular flexibility index (Phi) is 9.14. The second-order valence-electron chi connectivity index (χ2n) is 7.92. The van der Waals surface area contributed by atoms with Crippen LogP contribution in [0.1, 0.15) is 43.3 Å². The molecule has 0 saturated carbocycles. The molecule has 2 heterocycles. The quantitative estimate of drug-likeness (QED) is 0.192. The number of halogens is 4. The number of carbonyl (C=O) groups excluding carboxylic acids is 1. The molecular weight excluding hydrogens is 540 g/mol. The molecule has 13 heteroatoms. The molecule has 0 aliphatic rings. The summed E-state index contributed by atoms with van der Waals surface area (Å²) < 4.78 is 77.0. The van der Waals surface area contributed by atoms with Gasteiger partial charge >= 0.3 is 12.1 Å². The van der Waals surface area contributed by atoms with E-state index in [1.807, 2.05) is 19.9 Å². The minimum Gasteiger partial charge on any atom is -0.496 e. The van der Waals surface area contributed by atoms with Crippen LogP contribution >= 0.6 is 12.3 Å². The number of hydrogen-bond donors (Lipinski definition) is 1. The minimum atomic E-state index is -5.29. The molecule has 0 spiro atoms. The molecule has 0 saturated heterocycles. The molecule has 1 N–H and O–H groups in total. The fourth-order valence-corrected chi connectivity index (χ4v) is 4.75. The fourth-order valence-electron chi connectivity index (χ4n) is 4.29. The Morgan fingerprint density at radius 3 is 2.54 bits per heavy atom. The molecule has 0 fully saturated rings. The van der Waals surface area contributed by atoms with Gasteiger partial charge in [0.05, 0.1) is 41.9 Å². The zero-order valence-corrected chi connectivity index (χ0v) is 22.6. The molecule has 0 aliphatic heterocycles. The van der Waals surface area contributed by atoms with Gasteiger partial charge in [0.25, 0.3) is 5.60 Å². The molecule has 1 atom stereocenters. The van der Waals surface area contributed by atoms with Gasteiger partial charge in [-0.3, -0.25) is 0 Å². The number of hydrogen-bond acceptors (Lipinski definition) is 7. The van der Waals surface area contributed by atoms with E-state index in [2.05, 4.69) is 9.97 Å². The lowest BCUT2D eigenvalue weighted by atomic mass is 9.87. The number of benzene rings is 2. The summed E-state index contributed by atoms with van der Waals surface area (Å²) in [6.45, 7) is 5.95. The van der Waals surface area contributed by atoms with Crippen LogP contribution in [0.3, 0.4) is 0 Å². The van der Waals surface area contributed by atoms with Crippen LogP contribution < -0.4 is 4.74 Å². The van der Waals surface area contributed by atoms with Gasteiger partial charge in [-0.25, -0.2) is 13.8 Å². The van der Waals surface area contributed by atoms with Crippen LogP contribution in [0.25, 0.3) is 21.9 Å². The van der Waals surface area contributed by atoms with Gasteiger partial charge in [0.2, 0.25) is 0 Å². The minimum absolute atomic E-state index is 0.0359. The van der Waals surface area contributed by atoms with Crippen molar-refractivity contribution in [3.63, 3.8) is 0 Å². The summed E-state index contributed by atoms with van der Waals surface area (Å²) >= 11 is -0.522. The summed E-state index contributed by atoms with van der Waals surface area (Å²) in [7, 11) is 1.19. The molecule has 0 bridgehead atoms. The Morgan fingerprint density at radius 1 is 1.23 bits per heavy atom. The number of nitrogens with one attached hydrogen (secondary N) is 1. The van der Waals surface area contributed by atoms with Crippen molar-refractivity contribution >= 4 is 40.2 Å². The average molecular weight is 567 g/mol. The van der Waals surface area contributed by atoms with Crippen LogP contribution in [0, 0.1) is 18.3 Å². The van der Waals surface area contributed by atoms with Gasteiger partial charge in [0, 0.05) is 17.1 Å². The lowest BCUT2D eigenvalue weighted by Crippen LogP contribution is -2.49. The number of rotatable bonds is 8. The molecular formula is C26H26F4N4O4S. The third kappa shape index (κ3) is 5.14. The maximum absolute atomic E-state index is 15.4. The summed E-state index contributed by atoms with van der Waals surface area (Å²) in [5.41, 5.74) is -3.10. The highest BCUT2D eigenvalue weighted by atomic mass is 32.2. The monoisotopic (exact) mass is 566 g/mol. The molecule has 2 aromatic carbocycles. The van der Waals surface area contributed by atoms with Crippen LogP contribution in [0.2, 0.25) is 0 Å². The zero-order chi connectivity index (χ0) is 29.0. The van der Waals surface area contributed by atoms with Crippen LogP contribution in [-0.4, -0.2) is 46.4 Å². The van der Waals surface area contributed by atoms with Crippen molar-refractivity contribution in [3.05, 3.63) is 59.0 Å². The van der Waals surface area contributed by atoms with Gasteiger partial charge in [-0.15, -0.1) is 3.89 Å². The summed E-state index contributed by atoms with van der Waals surface area (Å²) in [5, 5.41) is 9.31. The van der Waals surface area contributed by atoms with Gasteiger partial charge in [-0.2, -0.15) is 18.4 Å². The average Bonchev–Trinajstić information content (AvgIpc) is 3.55. The van der Waals surface area contributed by atoms with Gasteiger partial charge in [0.1, 0.15) is 12.4 Å². The molecule has 8 nitrogen and oxygen atoms in total. The Labute approximate surface area is 226 Å². The van der Waals surface area contributed by atoms with E-state index >= 15 is 13.2 Å². The summed E-state index contributed by atoms with van der Waals surface area (Å²) in [4.78, 5) is 19.2. The smallest absolute Gasteiger partial charge is 0.429 e. The maximum Gasteiger partial charge on any atom is 0.429 e. The molecule has 2 aromatic heterocycles. The fraction of sp³-hybridized carbons (Fsp3) is 0.346. The van der Waals surface area contributed by atoms with Crippen molar-refractivity contribution in [2.75, 3.05) is 20.3 Å². The van der Waals surface area contributed by atoms with E-state index in [0.29, 0.717) is 15.1 Å². The second-order valence-corrected chi connectivity index (χ2v) is 8.43. The molecule has 39 heavy (non-hydrogen) atoms. The highest BCUT2D eigenvalue weighted by Gasteiger charge is 2.64. The number of H-pyrrole nitrogens is 1. The second kappa shape index (κ2) is 12.0. The van der Waals surface area contributed by atoms with Crippen molar-refractivity contribution in [3.8, 4) is 11.8 Å². The van der Waals surface area contributed by atoms with E-state index < -0.39 is 48.1 Å². The zero-order valence-electron chi connectivity index (χ0n) is 21.8. The van der Waals surface area contributed by atoms with Crippen LogP contribution in [0.4, 0.5) is 17.1 Å². The summed E-state index contributed by atoms with van der Waals surface area (Å²) in [6.07, 6.45) is -3.85. The van der Waals surface area contributed by atoms with E-state index in [1.165, 1.54) is 50.6 Å². The van der Waals surface area contributed by atoms with Crippen molar-refractivity contribution in [1.29, 1.82) is 5.26 Å². The number of nitrogens with zero attached hydrogens (tertiary/aromatic N) is 3. The SMILES string of the molecule is CC.CCOC(=O)COC(c1c(OC)cc(C)c2[nH]ccc12)(c1nc2cc(C#N)ccc2n1SF)C(F)(F)F. The Bertz CT molecular complexity index is 1530. The van der Waals surface area contributed by atoms with Crippen LogP contribution in [0.15, 0.2) is 36.5 Å². The molecule has 0 amide bonds. The topological polar surface area (TPSA) is 102 Å². The first-order valence-corrected chi connectivity index (χ1v) is 12.5. The molecule has 208 valence electrons. The van der Waals surface area contributed by atoms with Gasteiger partial charge in [-0.1, -0.05) is 13.8 Å². The number of imidazole rings is 1. The van der Waals surface area contributed by atoms with E-state index in [-0.39, 0.29) is 34.3 Å². The highest BCUT2D eigenvalue weighted by molar-refractivity contribution is 7.93. The molecule has 4 aromatic rings. The number of methoxy groups -OCH3 is 1. The Hall–Kier alpha value is -3.76. The third-order valence-corrected chi connectivity index (χ3v) is 6.32. The third-order valence-electron chi connectivity index (χ3n) is 5.81. The number of aromatic amines is 1. The standard InChI is InChI=1S/C24H20F4N4O4S.C2H6/c1-4-35-19(33)12-36-23(24(25,26)27,20-15-7-8-30-21(15)13(2)9-18(20)34-3)22-31-16-10-14(11-29)5-6-17(16)32(22)37-28;1-2/h5-10,30H,4,12H2,1-3H3;1-2H3. The summed E-state index contributed by atoms with van der Waals surface area (Å²) in [5.74, 6) is -2.19. The Morgan fingerprint density at radius 2 is 1.95 bits per heavy atom. The number of carbonyl (C=O) groups is 1. The molecule has 0 aliphatic carbocycles. The number of aryl methyl sites for hydroxylation is 1. The normalized spacial score (nSPS) is 12.9. The number of ether oxygens (including phenoxy) is 3. The lowest BCUT2D eigenvalue weighted by molar-refractivity contribution is -0.269. The predicted molar refractivity (Wildman–Crippen MR) is 139 cm³/mol. The first-order valence-electron chi connectivity index (χ1n) is 11.9. The van der Waals surface area contributed by atoms with E-state index in [9.17, 15) is 13.9 Å². The van der Waals surface area contributed by atoms with Gasteiger partial charge in [-0.05, 0) is 49.7 Å². The van der Waals surface area contributed by atoms with Crippen LogP contribution in [0.5, 0.6) is 5.75 Å². The van der Waals surface area contributed by atoms with E-state index in [1.54, 1.807) is 6.92 Å². The lowest BCUT2D eigenvalue weighted by Gasteiger charge is -2.36. The Balaban J connectivity index is 0.00000205. The van der Waals surface area contributed by atoms with Crippen molar-refractivity contribution in [2.45, 2.75) is 39.5 Å². The molecule has 4 rings (SSSR count). The van der Waals surface area contributed by atoms with Crippen molar-refractivity contribution < 1.29 is 36.1 Å². The maximum atomic E-state index is 15.4. The van der Waals surface area contributed by atoms with Crippen LogP contribution in [-0.2, 0) is 19.9 Å². The van der Waals surface area contributed by atoms with Gasteiger partial charge in [0.15, 0.2) is 18.2 Å². The number of fused-ring (bicyclic) bond motifs is 2. The predicted octanol–water partition coefficient (Wildman–Crippen LogP) is 6.50. The van der Waals surface area contributed by atoms with E-state index in [0.717, 1.165) is 0 Å². The molecule has 1 unspecified atom stereocenters. The number of aromatic nitrogens is 3. The number of esters is 1. The molecule has 0 radical (unpaired) electrons. The van der Waals surface area contributed by atoms with E-state index in [4.69, 9.17) is 14.2 Å². The number of nitriles is 1. The first-order chi connectivity index (χ1) is 18.6. The van der Waals surface area contributed by atoms with Crippen molar-refractivity contribution in [1.82, 2.24) is 13.9 Å². The van der Waals surface area contributed by atoms with Gasteiger partial charge < -0.3 is 19.2 Å². The summed E-state index contributed by atoms with van der Waals surface area (Å²) in [6, 6.07) is 8.50. The highest BCUT2D eigenvalue weighted by Crippen LogP contribution is 2.53.